The van der Waals surface area contributed by atoms with Gasteiger partial charge in [-0.1, -0.05) is 5.21 Å². The minimum Gasteiger partial charge on any atom is -0.488 e. The summed E-state index contributed by atoms with van der Waals surface area (Å²) in [6.45, 7) is 4.01. The molecule has 0 aromatic carbocycles. The van der Waals surface area contributed by atoms with Crippen LogP contribution in [0.25, 0.3) is 11.4 Å². The summed E-state index contributed by atoms with van der Waals surface area (Å²) < 4.78 is 12.5. The quantitative estimate of drug-likeness (QED) is 0.748. The third-order valence-corrected chi connectivity index (χ3v) is 5.59. The van der Waals surface area contributed by atoms with Crippen LogP contribution in [0.4, 0.5) is 0 Å². The fourth-order valence-corrected chi connectivity index (χ4v) is 4.27. The first-order chi connectivity index (χ1) is 13.4. The second-order valence-corrected chi connectivity index (χ2v) is 7.25. The van der Waals surface area contributed by atoms with Crippen molar-refractivity contribution in [3.05, 3.63) is 23.5 Å². The van der Waals surface area contributed by atoms with Crippen LogP contribution < -0.4 is 4.74 Å². The van der Waals surface area contributed by atoms with E-state index in [2.05, 4.69) is 15.3 Å². The van der Waals surface area contributed by atoms with E-state index in [0.29, 0.717) is 29.7 Å². The molecule has 0 amide bonds. The van der Waals surface area contributed by atoms with Crippen molar-refractivity contribution in [2.75, 3.05) is 6.61 Å². The lowest BCUT2D eigenvalue weighted by Crippen LogP contribution is -2.21. The van der Waals surface area contributed by atoms with Crippen molar-refractivity contribution >= 4 is 11.9 Å². The number of nitrogens with zero attached hydrogens (tertiary/aromatic N) is 4. The van der Waals surface area contributed by atoms with Crippen LogP contribution in [0, 0.1) is 24.7 Å². The van der Waals surface area contributed by atoms with Crippen LogP contribution in [-0.2, 0) is 16.6 Å². The molecule has 2 heterocycles. The zero-order chi connectivity index (χ0) is 20.0. The minimum atomic E-state index is -1.11. The van der Waals surface area contributed by atoms with Crippen molar-refractivity contribution in [2.24, 2.45) is 24.8 Å². The molecule has 2 saturated carbocycles. The number of aromatic carboxylic acids is 1. The Morgan fingerprint density at radius 3 is 2.79 bits per heavy atom. The number of carboxylic acids is 1. The highest BCUT2D eigenvalue weighted by Gasteiger charge is 2.63. The smallest absolute Gasteiger partial charge is 0.356 e. The summed E-state index contributed by atoms with van der Waals surface area (Å²) in [5, 5.41) is 17.1. The Bertz CT molecular complexity index is 940. The van der Waals surface area contributed by atoms with Gasteiger partial charge in [0.15, 0.2) is 5.69 Å². The second-order valence-electron chi connectivity index (χ2n) is 7.25. The lowest BCUT2D eigenvalue weighted by molar-refractivity contribution is -0.146. The zero-order valence-corrected chi connectivity index (χ0v) is 16.0. The maximum Gasteiger partial charge on any atom is 0.356 e. The Labute approximate surface area is 161 Å². The number of carbonyl (C=O) groups is 2. The monoisotopic (exact) mass is 386 g/mol. The van der Waals surface area contributed by atoms with E-state index >= 15 is 0 Å². The van der Waals surface area contributed by atoms with Gasteiger partial charge in [-0.2, -0.15) is 0 Å². The number of carbonyl (C=O) groups excluding carboxylic acids is 1. The number of ether oxygens (including phenoxy) is 2. The van der Waals surface area contributed by atoms with Crippen LogP contribution in [0.3, 0.4) is 0 Å². The topological polar surface area (TPSA) is 116 Å². The molecule has 148 valence electrons. The van der Waals surface area contributed by atoms with Crippen molar-refractivity contribution in [1.82, 2.24) is 20.0 Å². The number of pyridine rings is 1. The number of aryl methyl sites for hydroxylation is 2. The minimum absolute atomic E-state index is 0.0190. The normalized spacial score (nSPS) is 25.2. The van der Waals surface area contributed by atoms with Crippen molar-refractivity contribution in [2.45, 2.75) is 32.8 Å². The summed E-state index contributed by atoms with van der Waals surface area (Å²) in [7, 11) is 1.52. The van der Waals surface area contributed by atoms with E-state index in [9.17, 15) is 14.7 Å². The summed E-state index contributed by atoms with van der Waals surface area (Å²) >= 11 is 0. The average Bonchev–Trinajstić information content (AvgIpc) is 3.01. The van der Waals surface area contributed by atoms with E-state index in [-0.39, 0.29) is 35.3 Å². The van der Waals surface area contributed by atoms with Crippen LogP contribution in [0.1, 0.15) is 35.9 Å². The van der Waals surface area contributed by atoms with Gasteiger partial charge in [0.25, 0.3) is 0 Å². The van der Waals surface area contributed by atoms with Gasteiger partial charge in [-0.3, -0.25) is 4.79 Å². The Balaban J connectivity index is 1.51. The van der Waals surface area contributed by atoms with Crippen molar-refractivity contribution < 1.29 is 24.2 Å². The molecular formula is C19H22N4O5. The number of rotatable bonds is 6. The predicted octanol–water partition coefficient (Wildman–Crippen LogP) is 1.85. The molecule has 0 bridgehead atoms. The van der Waals surface area contributed by atoms with Gasteiger partial charge in [0.2, 0.25) is 0 Å². The largest absolute Gasteiger partial charge is 0.488 e. The predicted molar refractivity (Wildman–Crippen MR) is 96.7 cm³/mol. The lowest BCUT2D eigenvalue weighted by Gasteiger charge is -2.18. The highest BCUT2D eigenvalue weighted by molar-refractivity contribution is 5.92. The second kappa shape index (κ2) is 6.88. The highest BCUT2D eigenvalue weighted by atomic mass is 16.5. The Morgan fingerprint density at radius 1 is 1.32 bits per heavy atom. The fraction of sp³-hybridized carbons (Fsp3) is 0.526. The fourth-order valence-electron chi connectivity index (χ4n) is 4.27. The van der Waals surface area contributed by atoms with Crippen LogP contribution in [0.5, 0.6) is 5.75 Å². The average molecular weight is 386 g/mol. The van der Waals surface area contributed by atoms with Gasteiger partial charge in [0.1, 0.15) is 17.5 Å². The maximum absolute atomic E-state index is 12.0. The lowest BCUT2D eigenvalue weighted by atomic mass is 10.1. The molecular weight excluding hydrogens is 364 g/mol. The number of esters is 1. The van der Waals surface area contributed by atoms with Crippen molar-refractivity contribution in [1.29, 1.82) is 0 Å². The van der Waals surface area contributed by atoms with Crippen LogP contribution in [0.15, 0.2) is 12.1 Å². The van der Waals surface area contributed by atoms with E-state index in [4.69, 9.17) is 9.47 Å². The number of carboxylic acid groups (broad SMARTS) is 1. The van der Waals surface area contributed by atoms with Crippen LogP contribution in [0.2, 0.25) is 0 Å². The van der Waals surface area contributed by atoms with Gasteiger partial charge in [-0.05, 0) is 44.7 Å². The molecule has 0 spiro atoms. The molecule has 9 nitrogen and oxygen atoms in total. The molecule has 2 aromatic rings. The highest BCUT2D eigenvalue weighted by Crippen LogP contribution is 2.59. The Morgan fingerprint density at radius 2 is 2.11 bits per heavy atom. The van der Waals surface area contributed by atoms with E-state index in [1.54, 1.807) is 19.1 Å². The molecule has 4 atom stereocenters. The maximum atomic E-state index is 12.0. The summed E-state index contributed by atoms with van der Waals surface area (Å²) in [6.07, 6.45) is 1.84. The van der Waals surface area contributed by atoms with Gasteiger partial charge in [-0.15, -0.1) is 5.10 Å². The third kappa shape index (κ3) is 3.00. The Hall–Kier alpha value is -2.97. The molecule has 1 N–H and O–H groups in total. The zero-order valence-electron chi connectivity index (χ0n) is 16.0. The van der Waals surface area contributed by atoms with Gasteiger partial charge in [0.05, 0.1) is 23.9 Å². The summed E-state index contributed by atoms with van der Waals surface area (Å²) in [5.74, 6) is -0.0995. The molecule has 9 heteroatoms. The molecule has 0 saturated heterocycles. The first-order valence-corrected chi connectivity index (χ1v) is 9.36. The van der Waals surface area contributed by atoms with Gasteiger partial charge in [0, 0.05) is 13.0 Å². The van der Waals surface area contributed by atoms with Crippen LogP contribution in [-0.4, -0.2) is 49.7 Å². The number of aromatic nitrogens is 4. The summed E-state index contributed by atoms with van der Waals surface area (Å²) in [5.41, 5.74) is 1.26. The molecule has 28 heavy (non-hydrogen) atoms. The number of fused-ring (bicyclic) bond motifs is 1. The van der Waals surface area contributed by atoms with Gasteiger partial charge >= 0.3 is 11.9 Å². The van der Waals surface area contributed by atoms with Gasteiger partial charge in [-0.25, -0.2) is 14.5 Å². The third-order valence-electron chi connectivity index (χ3n) is 5.59. The van der Waals surface area contributed by atoms with Crippen LogP contribution >= 0.6 is 0 Å². The first kappa shape index (κ1) is 18.4. The SMILES string of the molecule is CCOC(=O)C1[C@H]2[C@H](Oc3ccc(-c4nnn(C)c4C(=O)O)nc3C)CC[C@@H]12. The van der Waals surface area contributed by atoms with E-state index in [1.165, 1.54) is 11.7 Å². The van der Waals surface area contributed by atoms with E-state index in [1.807, 2.05) is 6.92 Å². The van der Waals surface area contributed by atoms with E-state index in [0.717, 1.165) is 12.8 Å². The standard InChI is InChI=1S/C19H22N4O5/c1-4-27-19(26)15-10-5-7-13(14(10)15)28-12-8-6-11(20-9(12)2)16-17(18(24)25)23(3)22-21-16/h6,8,10,13-15H,4-5,7H2,1-3H3,(H,24,25)/t10-,13-,14-,15?/m1/s1. The van der Waals surface area contributed by atoms with Crippen molar-refractivity contribution in [3.63, 3.8) is 0 Å². The molecule has 2 aromatic heterocycles. The summed E-state index contributed by atoms with van der Waals surface area (Å²) in [6, 6.07) is 3.45. The molecule has 0 aliphatic heterocycles. The number of hydrogen-bond donors (Lipinski definition) is 1. The molecule has 2 aliphatic rings. The van der Waals surface area contributed by atoms with Crippen molar-refractivity contribution in [3.8, 4) is 17.1 Å². The number of hydrogen-bond acceptors (Lipinski definition) is 7. The first-order valence-electron chi connectivity index (χ1n) is 9.36. The molecule has 1 unspecified atom stereocenters. The Kier molecular flexibility index (Phi) is 4.52. The van der Waals surface area contributed by atoms with E-state index < -0.39 is 5.97 Å². The van der Waals surface area contributed by atoms with Gasteiger partial charge < -0.3 is 14.6 Å². The molecule has 2 aliphatic carbocycles. The summed E-state index contributed by atoms with van der Waals surface area (Å²) in [4.78, 5) is 27.9. The molecule has 0 radical (unpaired) electrons. The molecule has 4 rings (SSSR count). The molecule has 2 fully saturated rings.